The van der Waals surface area contributed by atoms with E-state index in [0.29, 0.717) is 13.1 Å². The van der Waals surface area contributed by atoms with E-state index in [4.69, 9.17) is 0 Å². The smallest absolute Gasteiger partial charge is 0.408 e. The van der Waals surface area contributed by atoms with E-state index in [1.165, 1.54) is 0 Å². The number of rotatable bonds is 2. The molecule has 0 spiro atoms. The van der Waals surface area contributed by atoms with Crippen LogP contribution in [0.2, 0.25) is 0 Å². The van der Waals surface area contributed by atoms with E-state index < -0.39 is 35.0 Å². The predicted octanol–water partition coefficient (Wildman–Crippen LogP) is 1.31. The van der Waals surface area contributed by atoms with Crippen molar-refractivity contribution in [2.45, 2.75) is 12.2 Å². The van der Waals surface area contributed by atoms with Crippen LogP contribution in [0.3, 0.4) is 0 Å². The molecule has 0 radical (unpaired) electrons. The van der Waals surface area contributed by atoms with Crippen LogP contribution in [0.5, 0.6) is 17.2 Å². The summed E-state index contributed by atoms with van der Waals surface area (Å²) in [6.07, 6.45) is -4.65. The minimum atomic E-state index is -4.65. The number of aromatic hydroxyl groups is 3. The second-order valence-electron chi connectivity index (χ2n) is 4.63. The average molecular weight is 292 g/mol. The molecule has 112 valence electrons. The van der Waals surface area contributed by atoms with Gasteiger partial charge in [-0.2, -0.15) is 13.2 Å². The number of nitrogens with zero attached hydrogens (tertiary/aromatic N) is 1. The molecule has 1 aliphatic rings. The van der Waals surface area contributed by atoms with Crippen LogP contribution in [0.4, 0.5) is 13.2 Å². The lowest BCUT2D eigenvalue weighted by molar-refractivity contribution is -0.188. The quantitative estimate of drug-likeness (QED) is 0.661. The second-order valence-corrected chi connectivity index (χ2v) is 4.63. The number of phenolic OH excluding ortho intramolecular Hbond substituents is 3. The molecular formula is C12H15F3N2O3. The van der Waals surface area contributed by atoms with E-state index in [9.17, 15) is 28.5 Å². The molecule has 1 aromatic rings. The van der Waals surface area contributed by atoms with Gasteiger partial charge in [-0.15, -0.1) is 0 Å². The molecule has 1 saturated heterocycles. The van der Waals surface area contributed by atoms with Gasteiger partial charge in [0.05, 0.1) is 5.56 Å². The molecule has 0 bridgehead atoms. The molecule has 0 amide bonds. The minimum absolute atomic E-state index is 0.143. The molecule has 0 saturated carbocycles. The van der Waals surface area contributed by atoms with Gasteiger partial charge >= 0.3 is 6.18 Å². The van der Waals surface area contributed by atoms with Crippen LogP contribution < -0.4 is 5.32 Å². The van der Waals surface area contributed by atoms with Gasteiger partial charge in [0.1, 0.15) is 23.3 Å². The van der Waals surface area contributed by atoms with Crippen LogP contribution in [0.25, 0.3) is 0 Å². The molecule has 5 nitrogen and oxygen atoms in total. The lowest BCUT2D eigenvalue weighted by Crippen LogP contribution is -2.49. The van der Waals surface area contributed by atoms with Crippen molar-refractivity contribution >= 4 is 0 Å². The maximum absolute atomic E-state index is 13.3. The maximum Gasteiger partial charge on any atom is 0.408 e. The van der Waals surface area contributed by atoms with Crippen molar-refractivity contribution in [3.8, 4) is 17.2 Å². The second kappa shape index (κ2) is 5.37. The van der Waals surface area contributed by atoms with E-state index >= 15 is 0 Å². The molecule has 1 fully saturated rings. The van der Waals surface area contributed by atoms with Crippen molar-refractivity contribution in [1.82, 2.24) is 10.2 Å². The molecule has 8 heteroatoms. The number of hydrogen-bond donors (Lipinski definition) is 4. The molecule has 1 heterocycles. The van der Waals surface area contributed by atoms with Crippen LogP contribution in [0.1, 0.15) is 11.6 Å². The van der Waals surface area contributed by atoms with Crippen molar-refractivity contribution in [3.05, 3.63) is 17.7 Å². The molecule has 2 rings (SSSR count). The lowest BCUT2D eigenvalue weighted by atomic mass is 10.0. The predicted molar refractivity (Wildman–Crippen MR) is 64.7 cm³/mol. The summed E-state index contributed by atoms with van der Waals surface area (Å²) in [5.74, 6) is -2.04. The third-order valence-electron chi connectivity index (χ3n) is 3.22. The van der Waals surface area contributed by atoms with Crippen LogP contribution in [-0.4, -0.2) is 52.6 Å². The Morgan fingerprint density at radius 3 is 2.00 bits per heavy atom. The van der Waals surface area contributed by atoms with E-state index in [1.54, 1.807) is 0 Å². The van der Waals surface area contributed by atoms with Crippen molar-refractivity contribution in [3.63, 3.8) is 0 Å². The Morgan fingerprint density at radius 2 is 1.55 bits per heavy atom. The molecule has 0 aromatic heterocycles. The number of phenols is 3. The summed E-state index contributed by atoms with van der Waals surface area (Å²) in [6, 6.07) is -0.531. The number of piperazine rings is 1. The summed E-state index contributed by atoms with van der Waals surface area (Å²) in [5, 5.41) is 31.5. The monoisotopic (exact) mass is 292 g/mol. The van der Waals surface area contributed by atoms with E-state index in [0.717, 1.165) is 17.0 Å². The van der Waals surface area contributed by atoms with Gasteiger partial charge in [0.15, 0.2) is 0 Å². The first-order valence-electron chi connectivity index (χ1n) is 6.07. The number of hydrogen-bond acceptors (Lipinski definition) is 5. The minimum Gasteiger partial charge on any atom is -0.508 e. The fourth-order valence-corrected chi connectivity index (χ4v) is 2.38. The van der Waals surface area contributed by atoms with Crippen molar-refractivity contribution in [1.29, 1.82) is 0 Å². The Hall–Kier alpha value is -1.67. The normalized spacial score (nSPS) is 18.9. The van der Waals surface area contributed by atoms with Crippen LogP contribution >= 0.6 is 0 Å². The lowest BCUT2D eigenvalue weighted by Gasteiger charge is -2.36. The highest BCUT2D eigenvalue weighted by Gasteiger charge is 2.47. The van der Waals surface area contributed by atoms with Crippen LogP contribution in [-0.2, 0) is 0 Å². The van der Waals surface area contributed by atoms with Crippen molar-refractivity contribution in [2.24, 2.45) is 0 Å². The van der Waals surface area contributed by atoms with Gasteiger partial charge in [-0.25, -0.2) is 0 Å². The molecule has 1 atom stereocenters. The summed E-state index contributed by atoms with van der Waals surface area (Å²) in [6.45, 7) is 1.08. The summed E-state index contributed by atoms with van der Waals surface area (Å²) in [5.41, 5.74) is -0.628. The summed E-state index contributed by atoms with van der Waals surface area (Å²) in [4.78, 5) is 1.14. The highest BCUT2D eigenvalue weighted by Crippen LogP contribution is 2.46. The Kier molecular flexibility index (Phi) is 3.96. The number of alkyl halides is 3. The first kappa shape index (κ1) is 14.7. The number of nitrogens with one attached hydrogen (secondary N) is 1. The summed E-state index contributed by atoms with van der Waals surface area (Å²) in [7, 11) is 0. The van der Waals surface area contributed by atoms with E-state index in [2.05, 4.69) is 5.32 Å². The van der Waals surface area contributed by atoms with Gasteiger partial charge in [-0.1, -0.05) is 0 Å². The average Bonchev–Trinajstić information content (AvgIpc) is 2.33. The number of halogens is 3. The summed E-state index contributed by atoms with van der Waals surface area (Å²) < 4.78 is 39.9. The Morgan fingerprint density at radius 1 is 1.05 bits per heavy atom. The fraction of sp³-hybridized carbons (Fsp3) is 0.500. The molecule has 1 aliphatic heterocycles. The van der Waals surface area contributed by atoms with Gasteiger partial charge in [0.25, 0.3) is 0 Å². The molecule has 0 aliphatic carbocycles. The first-order valence-corrected chi connectivity index (χ1v) is 6.07. The first-order chi connectivity index (χ1) is 9.30. The third kappa shape index (κ3) is 2.91. The van der Waals surface area contributed by atoms with Crippen LogP contribution in [0.15, 0.2) is 12.1 Å². The molecule has 0 unspecified atom stereocenters. The largest absolute Gasteiger partial charge is 0.508 e. The Balaban J connectivity index is 2.46. The summed E-state index contributed by atoms with van der Waals surface area (Å²) >= 11 is 0. The topological polar surface area (TPSA) is 76.0 Å². The zero-order valence-corrected chi connectivity index (χ0v) is 10.5. The van der Waals surface area contributed by atoms with Gasteiger partial charge in [0, 0.05) is 38.3 Å². The molecule has 4 N–H and O–H groups in total. The van der Waals surface area contributed by atoms with Crippen molar-refractivity contribution in [2.75, 3.05) is 26.2 Å². The zero-order chi connectivity index (χ0) is 14.9. The van der Waals surface area contributed by atoms with E-state index in [1.807, 2.05) is 0 Å². The van der Waals surface area contributed by atoms with E-state index in [-0.39, 0.29) is 13.1 Å². The van der Waals surface area contributed by atoms with Gasteiger partial charge < -0.3 is 20.6 Å². The van der Waals surface area contributed by atoms with Gasteiger partial charge in [0.2, 0.25) is 0 Å². The zero-order valence-electron chi connectivity index (χ0n) is 10.5. The maximum atomic E-state index is 13.3. The van der Waals surface area contributed by atoms with Gasteiger partial charge in [-0.3, -0.25) is 4.90 Å². The Bertz CT molecular complexity index is 464. The fourth-order valence-electron chi connectivity index (χ4n) is 2.38. The van der Waals surface area contributed by atoms with Gasteiger partial charge in [-0.05, 0) is 0 Å². The highest BCUT2D eigenvalue weighted by atomic mass is 19.4. The third-order valence-corrected chi connectivity index (χ3v) is 3.22. The molecule has 1 aromatic carbocycles. The SMILES string of the molecule is Oc1cc(O)c([C@@H](N2CCNCC2)C(F)(F)F)c(O)c1. The van der Waals surface area contributed by atoms with Crippen molar-refractivity contribution < 1.29 is 28.5 Å². The Labute approximate surface area is 113 Å². The standard InChI is InChI=1S/C12H15F3N2O3/c13-12(14,15)11(17-3-1-16-2-4-17)10-8(19)5-7(18)6-9(10)20/h5-6,11,16,18-20H,1-4H2/t11-/m1/s1. The highest BCUT2D eigenvalue weighted by molar-refractivity contribution is 5.51. The van der Waals surface area contributed by atoms with Crippen LogP contribution in [0, 0.1) is 0 Å². The number of benzene rings is 1. The molecule has 20 heavy (non-hydrogen) atoms. The molecular weight excluding hydrogens is 277 g/mol.